The Morgan fingerprint density at radius 2 is 1.70 bits per heavy atom. The predicted molar refractivity (Wildman–Crippen MR) is 111 cm³/mol. The van der Waals surface area contributed by atoms with E-state index in [-0.39, 0.29) is 18.2 Å². The highest BCUT2D eigenvalue weighted by atomic mass is 32.1. The molecule has 0 radical (unpaired) electrons. The summed E-state index contributed by atoms with van der Waals surface area (Å²) in [6.07, 6.45) is 0.291. The topological polar surface area (TPSA) is 67.4 Å². The number of thiophene rings is 1. The van der Waals surface area contributed by atoms with Gasteiger partial charge in [-0.25, -0.2) is 0 Å². The zero-order valence-corrected chi connectivity index (χ0v) is 16.7. The van der Waals surface area contributed by atoms with E-state index in [4.69, 9.17) is 0 Å². The summed E-state index contributed by atoms with van der Waals surface area (Å²) in [6.45, 7) is -2.97. The summed E-state index contributed by atoms with van der Waals surface area (Å²) in [7, 11) is 0. The number of hydrogen-bond acceptors (Lipinski definition) is 4. The molecule has 0 aliphatic rings. The van der Waals surface area contributed by atoms with E-state index in [9.17, 15) is 18.4 Å². The van der Waals surface area contributed by atoms with Gasteiger partial charge >= 0.3 is 6.61 Å². The minimum Gasteiger partial charge on any atom is -0.434 e. The first-order valence-electron chi connectivity index (χ1n) is 9.21. The van der Waals surface area contributed by atoms with E-state index in [1.54, 1.807) is 35.7 Å². The van der Waals surface area contributed by atoms with Crippen LogP contribution in [0, 0.1) is 0 Å². The molecule has 5 nitrogen and oxygen atoms in total. The van der Waals surface area contributed by atoms with Gasteiger partial charge in [0.25, 0.3) is 5.91 Å². The number of rotatable bonds is 9. The molecule has 30 heavy (non-hydrogen) atoms. The summed E-state index contributed by atoms with van der Waals surface area (Å²) in [5.74, 6) is -0.770. The molecule has 2 N–H and O–H groups in total. The minimum absolute atomic E-state index is 0.00460. The van der Waals surface area contributed by atoms with Crippen LogP contribution in [0.4, 0.5) is 8.78 Å². The molecule has 0 saturated heterocycles. The number of alkyl halides is 2. The maximum absolute atomic E-state index is 12.8. The molecular weight excluding hydrogens is 410 g/mol. The number of hydrogen-bond donors (Lipinski definition) is 2. The third kappa shape index (κ3) is 6.12. The van der Waals surface area contributed by atoms with Crippen LogP contribution in [0.2, 0.25) is 0 Å². The first-order valence-corrected chi connectivity index (χ1v) is 10.1. The van der Waals surface area contributed by atoms with Crippen molar-refractivity contribution in [2.75, 3.05) is 0 Å². The Morgan fingerprint density at radius 1 is 0.967 bits per heavy atom. The zero-order chi connectivity index (χ0) is 21.3. The number of nitrogens with one attached hydrogen (secondary N) is 2. The van der Waals surface area contributed by atoms with E-state index in [1.807, 2.05) is 30.3 Å². The molecule has 0 aliphatic heterocycles. The van der Waals surface area contributed by atoms with E-state index in [0.717, 1.165) is 5.56 Å². The van der Waals surface area contributed by atoms with Gasteiger partial charge in [-0.3, -0.25) is 9.59 Å². The predicted octanol–water partition coefficient (Wildman–Crippen LogP) is 4.01. The Morgan fingerprint density at radius 3 is 2.40 bits per heavy atom. The molecule has 0 fully saturated rings. The third-order valence-electron chi connectivity index (χ3n) is 4.29. The lowest BCUT2D eigenvalue weighted by Crippen LogP contribution is -2.47. The first kappa shape index (κ1) is 21.4. The Bertz CT molecular complexity index is 966. The smallest absolute Gasteiger partial charge is 0.387 e. The van der Waals surface area contributed by atoms with Crippen molar-refractivity contribution < 1.29 is 23.1 Å². The fraction of sp³-hybridized carbons (Fsp3) is 0.182. The molecular formula is C22H20F2N2O3S. The summed E-state index contributed by atoms with van der Waals surface area (Å²) >= 11 is 1.28. The van der Waals surface area contributed by atoms with Gasteiger partial charge < -0.3 is 15.4 Å². The van der Waals surface area contributed by atoms with Crippen molar-refractivity contribution in [2.45, 2.75) is 25.6 Å². The molecule has 2 aromatic carbocycles. The van der Waals surface area contributed by atoms with Crippen molar-refractivity contribution >= 4 is 23.2 Å². The monoisotopic (exact) mass is 430 g/mol. The third-order valence-corrected chi connectivity index (χ3v) is 5.16. The summed E-state index contributed by atoms with van der Waals surface area (Å²) < 4.78 is 29.7. The van der Waals surface area contributed by atoms with Crippen molar-refractivity contribution in [3.63, 3.8) is 0 Å². The van der Waals surface area contributed by atoms with Crippen LogP contribution in [0.1, 0.15) is 20.8 Å². The molecule has 1 atom stereocenters. The molecule has 0 saturated carbocycles. The Hall–Kier alpha value is -3.26. The van der Waals surface area contributed by atoms with Gasteiger partial charge in [0.1, 0.15) is 11.8 Å². The average Bonchev–Trinajstić information content (AvgIpc) is 3.28. The molecule has 156 valence electrons. The number of carbonyl (C=O) groups excluding carboxylic acids is 2. The fourth-order valence-electron chi connectivity index (χ4n) is 2.86. The van der Waals surface area contributed by atoms with Gasteiger partial charge in [-0.15, -0.1) is 11.3 Å². The summed E-state index contributed by atoms with van der Waals surface area (Å²) in [4.78, 5) is 25.8. The Kier molecular flexibility index (Phi) is 7.51. The highest BCUT2D eigenvalue weighted by molar-refractivity contribution is 7.12. The van der Waals surface area contributed by atoms with Crippen molar-refractivity contribution in [2.24, 2.45) is 0 Å². The highest BCUT2D eigenvalue weighted by Gasteiger charge is 2.22. The minimum atomic E-state index is -2.96. The summed E-state index contributed by atoms with van der Waals surface area (Å²) in [5, 5.41) is 7.25. The summed E-state index contributed by atoms with van der Waals surface area (Å²) in [5.41, 5.74) is 1.29. The van der Waals surface area contributed by atoms with Gasteiger partial charge in [0.15, 0.2) is 0 Å². The maximum Gasteiger partial charge on any atom is 0.387 e. The molecule has 0 spiro atoms. The van der Waals surface area contributed by atoms with E-state index in [1.165, 1.54) is 17.4 Å². The van der Waals surface area contributed by atoms with Crippen LogP contribution >= 0.6 is 11.3 Å². The lowest BCUT2D eigenvalue weighted by molar-refractivity contribution is -0.123. The molecule has 1 aromatic heterocycles. The molecule has 3 rings (SSSR count). The number of para-hydroxylation sites is 1. The largest absolute Gasteiger partial charge is 0.434 e. The number of carbonyl (C=O) groups is 2. The van der Waals surface area contributed by atoms with Crippen LogP contribution in [-0.2, 0) is 17.8 Å². The van der Waals surface area contributed by atoms with Crippen molar-refractivity contribution in [1.82, 2.24) is 10.6 Å². The van der Waals surface area contributed by atoms with Gasteiger partial charge in [-0.1, -0.05) is 54.6 Å². The van der Waals surface area contributed by atoms with E-state index in [2.05, 4.69) is 15.4 Å². The van der Waals surface area contributed by atoms with Crippen LogP contribution in [0.5, 0.6) is 5.75 Å². The van der Waals surface area contributed by atoms with Crippen LogP contribution in [-0.4, -0.2) is 24.5 Å². The van der Waals surface area contributed by atoms with Crippen molar-refractivity contribution in [3.05, 3.63) is 88.1 Å². The van der Waals surface area contributed by atoms with Gasteiger partial charge in [-0.2, -0.15) is 8.78 Å². The molecule has 1 heterocycles. The van der Waals surface area contributed by atoms with E-state index in [0.29, 0.717) is 16.9 Å². The summed E-state index contributed by atoms with van der Waals surface area (Å²) in [6, 6.07) is 18.1. The molecule has 8 heteroatoms. The Balaban J connectivity index is 1.71. The maximum atomic E-state index is 12.8. The first-order chi connectivity index (χ1) is 14.5. The van der Waals surface area contributed by atoms with Crippen LogP contribution in [0.15, 0.2) is 72.1 Å². The van der Waals surface area contributed by atoms with Crippen molar-refractivity contribution in [3.8, 4) is 5.75 Å². The zero-order valence-electron chi connectivity index (χ0n) is 15.9. The molecule has 1 unspecified atom stereocenters. The van der Waals surface area contributed by atoms with Gasteiger partial charge in [-0.05, 0) is 23.1 Å². The van der Waals surface area contributed by atoms with Gasteiger partial charge in [0.05, 0.1) is 4.88 Å². The number of ether oxygens (including phenoxy) is 1. The van der Waals surface area contributed by atoms with Crippen LogP contribution < -0.4 is 15.4 Å². The second kappa shape index (κ2) is 10.5. The lowest BCUT2D eigenvalue weighted by Gasteiger charge is -2.19. The molecule has 3 aromatic rings. The normalized spacial score (nSPS) is 11.7. The van der Waals surface area contributed by atoms with E-state index >= 15 is 0 Å². The van der Waals surface area contributed by atoms with Crippen molar-refractivity contribution in [1.29, 1.82) is 0 Å². The highest BCUT2D eigenvalue weighted by Crippen LogP contribution is 2.20. The quantitative estimate of drug-likeness (QED) is 0.539. The average molecular weight is 430 g/mol. The lowest BCUT2D eigenvalue weighted by atomic mass is 10.0. The van der Waals surface area contributed by atoms with E-state index < -0.39 is 18.6 Å². The number of amides is 2. The number of halogens is 2. The molecule has 0 aliphatic carbocycles. The number of benzene rings is 2. The van der Waals surface area contributed by atoms with Gasteiger partial charge in [0, 0.05) is 18.5 Å². The Labute approximate surface area is 176 Å². The molecule has 2 amide bonds. The second-order valence-electron chi connectivity index (χ2n) is 6.40. The van der Waals surface area contributed by atoms with Crippen LogP contribution in [0.3, 0.4) is 0 Å². The SMILES string of the molecule is O=C(NC(Cc1ccccc1)C(=O)NCc1ccccc1OC(F)F)c1cccs1. The fourth-order valence-corrected chi connectivity index (χ4v) is 3.49. The van der Waals surface area contributed by atoms with Crippen LogP contribution in [0.25, 0.3) is 0 Å². The van der Waals surface area contributed by atoms with Gasteiger partial charge in [0.2, 0.25) is 5.91 Å². The standard InChI is InChI=1S/C22H20F2N2O3S/c23-22(24)29-18-10-5-4-9-16(18)14-25-20(27)17(13-15-7-2-1-3-8-15)26-21(28)19-11-6-12-30-19/h1-12,17,22H,13-14H2,(H,25,27)(H,26,28). The molecule has 0 bridgehead atoms. The second-order valence-corrected chi connectivity index (χ2v) is 7.34.